The van der Waals surface area contributed by atoms with Crippen molar-refractivity contribution in [3.05, 3.63) is 16.4 Å². The van der Waals surface area contributed by atoms with Gasteiger partial charge in [0.1, 0.15) is 6.10 Å². The molecule has 5 heteroatoms. The van der Waals surface area contributed by atoms with Crippen LogP contribution in [-0.2, 0) is 6.54 Å². The number of halogens is 1. The summed E-state index contributed by atoms with van der Waals surface area (Å²) >= 11 is 3.44. The van der Waals surface area contributed by atoms with Gasteiger partial charge in [0.2, 0.25) is 0 Å². The number of rotatable bonds is 7. The molecule has 4 nitrogen and oxygen atoms in total. The normalized spacial score (nSPS) is 13.3. The molecule has 0 spiro atoms. The van der Waals surface area contributed by atoms with Crippen LogP contribution in [0.5, 0.6) is 0 Å². The molecular formula is C12H22BrN3O. The third-order valence-electron chi connectivity index (χ3n) is 2.47. The lowest BCUT2D eigenvalue weighted by molar-refractivity contribution is 0.161. The van der Waals surface area contributed by atoms with Gasteiger partial charge < -0.3 is 10.4 Å². The molecule has 2 N–H and O–H groups in total. The molecule has 1 aromatic rings. The molecule has 17 heavy (non-hydrogen) atoms. The molecule has 0 aliphatic rings. The summed E-state index contributed by atoms with van der Waals surface area (Å²) in [6, 6.07) is 0. The van der Waals surface area contributed by atoms with Crippen LogP contribution in [0.25, 0.3) is 0 Å². The standard InChI is InChI=1S/C12H22BrN3O/c1-4-5-16-12(10(13)7-15-16)11(17)8-14-6-9(2)3/h7,9,11,14,17H,4-6,8H2,1-3H3. The highest BCUT2D eigenvalue weighted by Crippen LogP contribution is 2.23. The average Bonchev–Trinajstić information content (AvgIpc) is 2.60. The van der Waals surface area contributed by atoms with Gasteiger partial charge in [-0.05, 0) is 34.8 Å². The van der Waals surface area contributed by atoms with Gasteiger partial charge in [-0.3, -0.25) is 4.68 Å². The van der Waals surface area contributed by atoms with Crippen LogP contribution in [-0.4, -0.2) is 28.0 Å². The Labute approximate surface area is 112 Å². The Balaban J connectivity index is 2.60. The molecule has 0 aliphatic heterocycles. The van der Waals surface area contributed by atoms with Crippen molar-refractivity contribution in [1.29, 1.82) is 0 Å². The van der Waals surface area contributed by atoms with Crippen molar-refractivity contribution in [3.8, 4) is 0 Å². The Kier molecular flexibility index (Phi) is 6.16. The van der Waals surface area contributed by atoms with Crippen molar-refractivity contribution in [2.45, 2.75) is 39.8 Å². The monoisotopic (exact) mass is 303 g/mol. The third kappa shape index (κ3) is 4.41. The first-order valence-electron chi connectivity index (χ1n) is 6.16. The number of aromatic nitrogens is 2. The van der Waals surface area contributed by atoms with E-state index in [9.17, 15) is 5.11 Å². The molecule has 0 fully saturated rings. The molecule has 1 heterocycles. The zero-order chi connectivity index (χ0) is 12.8. The van der Waals surface area contributed by atoms with Crippen LogP contribution in [0.1, 0.15) is 39.0 Å². The lowest BCUT2D eigenvalue weighted by Crippen LogP contribution is -2.26. The van der Waals surface area contributed by atoms with Crippen LogP contribution < -0.4 is 5.32 Å². The number of aryl methyl sites for hydroxylation is 1. The van der Waals surface area contributed by atoms with Gasteiger partial charge in [-0.2, -0.15) is 5.10 Å². The van der Waals surface area contributed by atoms with Crippen molar-refractivity contribution in [1.82, 2.24) is 15.1 Å². The molecule has 1 unspecified atom stereocenters. The predicted molar refractivity (Wildman–Crippen MR) is 72.9 cm³/mol. The molecule has 1 aromatic heterocycles. The average molecular weight is 304 g/mol. The maximum absolute atomic E-state index is 10.2. The van der Waals surface area contributed by atoms with Gasteiger partial charge in [-0.15, -0.1) is 0 Å². The minimum Gasteiger partial charge on any atom is -0.385 e. The Bertz CT molecular complexity index is 338. The maximum Gasteiger partial charge on any atom is 0.109 e. The summed E-state index contributed by atoms with van der Waals surface area (Å²) in [6.07, 6.45) is 2.24. The molecule has 98 valence electrons. The number of nitrogens with zero attached hydrogens (tertiary/aromatic N) is 2. The summed E-state index contributed by atoms with van der Waals surface area (Å²) in [5.74, 6) is 0.589. The van der Waals surface area contributed by atoms with Crippen LogP contribution in [0, 0.1) is 5.92 Å². The number of nitrogens with one attached hydrogen (secondary N) is 1. The number of aliphatic hydroxyl groups excluding tert-OH is 1. The number of aliphatic hydroxyl groups is 1. The second-order valence-electron chi connectivity index (χ2n) is 4.67. The van der Waals surface area contributed by atoms with Crippen molar-refractivity contribution < 1.29 is 5.11 Å². The SMILES string of the molecule is CCCn1ncc(Br)c1C(O)CNCC(C)C. The number of hydrogen-bond donors (Lipinski definition) is 2. The summed E-state index contributed by atoms with van der Waals surface area (Å²) in [4.78, 5) is 0. The molecule has 0 aromatic carbocycles. The van der Waals surface area contributed by atoms with Crippen molar-refractivity contribution in [3.63, 3.8) is 0 Å². The van der Waals surface area contributed by atoms with Crippen LogP contribution in [0.4, 0.5) is 0 Å². The van der Waals surface area contributed by atoms with E-state index < -0.39 is 6.10 Å². The Morgan fingerprint density at radius 2 is 2.18 bits per heavy atom. The number of hydrogen-bond acceptors (Lipinski definition) is 3. The van der Waals surface area contributed by atoms with Crippen LogP contribution in [0.3, 0.4) is 0 Å². The first kappa shape index (κ1) is 14.7. The predicted octanol–water partition coefficient (Wildman–Crippen LogP) is 2.33. The van der Waals surface area contributed by atoms with Gasteiger partial charge in [0.25, 0.3) is 0 Å². The first-order chi connectivity index (χ1) is 8.06. The molecule has 0 amide bonds. The summed E-state index contributed by atoms with van der Waals surface area (Å²) in [5, 5.41) is 17.7. The lowest BCUT2D eigenvalue weighted by atomic mass is 10.2. The van der Waals surface area contributed by atoms with Gasteiger partial charge in [-0.25, -0.2) is 0 Å². The lowest BCUT2D eigenvalue weighted by Gasteiger charge is -2.15. The van der Waals surface area contributed by atoms with E-state index in [4.69, 9.17) is 0 Å². The van der Waals surface area contributed by atoms with E-state index in [0.29, 0.717) is 12.5 Å². The van der Waals surface area contributed by atoms with Crippen LogP contribution in [0.2, 0.25) is 0 Å². The molecule has 1 atom stereocenters. The van der Waals surface area contributed by atoms with Crippen LogP contribution >= 0.6 is 15.9 Å². The van der Waals surface area contributed by atoms with E-state index in [1.54, 1.807) is 6.20 Å². The largest absolute Gasteiger partial charge is 0.385 e. The second kappa shape index (κ2) is 7.13. The summed E-state index contributed by atoms with van der Waals surface area (Å²) in [7, 11) is 0. The van der Waals surface area contributed by atoms with Crippen molar-refractivity contribution in [2.24, 2.45) is 5.92 Å². The van der Waals surface area contributed by atoms with E-state index in [1.165, 1.54) is 0 Å². The fourth-order valence-electron chi connectivity index (χ4n) is 1.70. The highest BCUT2D eigenvalue weighted by Gasteiger charge is 2.17. The highest BCUT2D eigenvalue weighted by atomic mass is 79.9. The second-order valence-corrected chi connectivity index (χ2v) is 5.52. The summed E-state index contributed by atoms with van der Waals surface area (Å²) in [5.41, 5.74) is 0.864. The van der Waals surface area contributed by atoms with E-state index in [2.05, 4.69) is 47.1 Å². The minimum absolute atomic E-state index is 0.517. The molecular weight excluding hydrogens is 282 g/mol. The van der Waals surface area contributed by atoms with Crippen LogP contribution in [0.15, 0.2) is 10.7 Å². The van der Waals surface area contributed by atoms with Gasteiger partial charge >= 0.3 is 0 Å². The molecule has 0 bridgehead atoms. The van der Waals surface area contributed by atoms with Gasteiger partial charge in [0.05, 0.1) is 16.4 Å². The van der Waals surface area contributed by atoms with E-state index in [0.717, 1.165) is 29.7 Å². The van der Waals surface area contributed by atoms with E-state index >= 15 is 0 Å². The highest BCUT2D eigenvalue weighted by molar-refractivity contribution is 9.10. The molecule has 0 aliphatic carbocycles. The Morgan fingerprint density at radius 3 is 2.76 bits per heavy atom. The summed E-state index contributed by atoms with van der Waals surface area (Å²) < 4.78 is 2.75. The fourth-order valence-corrected chi connectivity index (χ4v) is 2.26. The Hall–Kier alpha value is -0.390. The van der Waals surface area contributed by atoms with Crippen molar-refractivity contribution in [2.75, 3.05) is 13.1 Å². The van der Waals surface area contributed by atoms with E-state index in [-0.39, 0.29) is 0 Å². The first-order valence-corrected chi connectivity index (χ1v) is 6.95. The molecule has 0 radical (unpaired) electrons. The summed E-state index contributed by atoms with van der Waals surface area (Å²) in [6.45, 7) is 8.71. The van der Waals surface area contributed by atoms with Gasteiger partial charge in [-0.1, -0.05) is 20.8 Å². The Morgan fingerprint density at radius 1 is 1.47 bits per heavy atom. The molecule has 1 rings (SSSR count). The smallest absolute Gasteiger partial charge is 0.109 e. The quantitative estimate of drug-likeness (QED) is 0.813. The van der Waals surface area contributed by atoms with Gasteiger partial charge in [0, 0.05) is 13.1 Å². The zero-order valence-corrected chi connectivity index (χ0v) is 12.4. The zero-order valence-electron chi connectivity index (χ0n) is 10.8. The molecule has 0 saturated carbocycles. The van der Waals surface area contributed by atoms with E-state index in [1.807, 2.05) is 4.68 Å². The minimum atomic E-state index is -0.517. The fraction of sp³-hybridized carbons (Fsp3) is 0.750. The molecule has 0 saturated heterocycles. The van der Waals surface area contributed by atoms with Crippen molar-refractivity contribution >= 4 is 15.9 Å². The topological polar surface area (TPSA) is 50.1 Å². The van der Waals surface area contributed by atoms with Gasteiger partial charge in [0.15, 0.2) is 0 Å². The maximum atomic E-state index is 10.2. The third-order valence-corrected chi connectivity index (χ3v) is 3.09.